The van der Waals surface area contributed by atoms with Crippen LogP contribution < -0.4 is 11.3 Å². The van der Waals surface area contributed by atoms with Gasteiger partial charge in [-0.25, -0.2) is 5.84 Å². The van der Waals surface area contributed by atoms with Crippen LogP contribution in [0.15, 0.2) is 10.5 Å². The summed E-state index contributed by atoms with van der Waals surface area (Å²) in [6, 6.07) is 2.22. The lowest BCUT2D eigenvalue weighted by Gasteiger charge is -2.27. The molecule has 0 aliphatic carbocycles. The minimum atomic E-state index is -0.394. The average molecular weight is 267 g/mol. The van der Waals surface area contributed by atoms with E-state index in [0.717, 1.165) is 24.4 Å². The van der Waals surface area contributed by atoms with Crippen molar-refractivity contribution < 1.29 is 9.21 Å². The fourth-order valence-corrected chi connectivity index (χ4v) is 2.01. The highest BCUT2D eigenvalue weighted by atomic mass is 16.4. The highest BCUT2D eigenvalue weighted by Gasteiger charge is 2.18. The van der Waals surface area contributed by atoms with E-state index in [-0.39, 0.29) is 5.76 Å². The highest BCUT2D eigenvalue weighted by molar-refractivity contribution is 5.91. The van der Waals surface area contributed by atoms with Gasteiger partial charge in [-0.15, -0.1) is 0 Å². The molecule has 1 amide bonds. The van der Waals surface area contributed by atoms with Crippen LogP contribution in [-0.4, -0.2) is 23.4 Å². The Morgan fingerprint density at radius 1 is 1.42 bits per heavy atom. The van der Waals surface area contributed by atoms with Gasteiger partial charge in [0.25, 0.3) is 0 Å². The molecule has 3 N–H and O–H groups in total. The molecule has 0 bridgehead atoms. The van der Waals surface area contributed by atoms with E-state index in [0.29, 0.717) is 12.0 Å². The summed E-state index contributed by atoms with van der Waals surface area (Å²) < 4.78 is 5.43. The largest absolute Gasteiger partial charge is 0.456 e. The average Bonchev–Trinajstić information content (AvgIpc) is 2.68. The number of aryl methyl sites for hydroxylation is 1. The van der Waals surface area contributed by atoms with E-state index in [1.165, 1.54) is 0 Å². The Bertz CT molecular complexity index is 424. The van der Waals surface area contributed by atoms with Gasteiger partial charge in [-0.3, -0.25) is 15.1 Å². The maximum atomic E-state index is 11.4. The molecule has 0 aliphatic heterocycles. The number of nitrogens with zero attached hydrogens (tertiary/aromatic N) is 1. The first kappa shape index (κ1) is 15.7. The summed E-state index contributed by atoms with van der Waals surface area (Å²) >= 11 is 0. The van der Waals surface area contributed by atoms with E-state index in [9.17, 15) is 4.79 Å². The summed E-state index contributed by atoms with van der Waals surface area (Å²) in [4.78, 5) is 13.8. The molecule has 0 saturated carbocycles. The first-order valence-electron chi connectivity index (χ1n) is 6.69. The van der Waals surface area contributed by atoms with Crippen LogP contribution in [0.1, 0.15) is 49.6 Å². The summed E-state index contributed by atoms with van der Waals surface area (Å²) in [5, 5.41) is 0. The predicted octanol–water partition coefficient (Wildman–Crippen LogP) is 2.06. The van der Waals surface area contributed by atoms with Gasteiger partial charge in [0.2, 0.25) is 0 Å². The van der Waals surface area contributed by atoms with Gasteiger partial charge in [0.1, 0.15) is 5.76 Å². The fraction of sp³-hybridized carbons (Fsp3) is 0.643. The molecule has 0 spiro atoms. The minimum absolute atomic E-state index is 0.267. The SMILES string of the molecule is Cc1oc(C(=O)NN)cc1CN(CC(C)C)C(C)C. The molecule has 1 aromatic heterocycles. The second-order valence-corrected chi connectivity index (χ2v) is 5.58. The quantitative estimate of drug-likeness (QED) is 0.470. The van der Waals surface area contributed by atoms with Gasteiger partial charge in [-0.05, 0) is 32.8 Å². The standard InChI is InChI=1S/C14H25N3O2/c1-9(2)7-17(10(3)4)8-12-6-13(14(18)16-15)19-11(12)5/h6,9-10H,7-8,15H2,1-5H3,(H,16,18). The molecule has 0 unspecified atom stereocenters. The van der Waals surface area contributed by atoms with E-state index in [1.807, 2.05) is 6.92 Å². The number of carbonyl (C=O) groups excluding carboxylic acids is 1. The van der Waals surface area contributed by atoms with Crippen LogP contribution in [0.3, 0.4) is 0 Å². The second kappa shape index (κ2) is 6.73. The molecule has 1 rings (SSSR count). The number of nitrogens with two attached hydrogens (primary N) is 1. The lowest BCUT2D eigenvalue weighted by Crippen LogP contribution is -2.33. The van der Waals surface area contributed by atoms with E-state index in [4.69, 9.17) is 10.3 Å². The van der Waals surface area contributed by atoms with Crippen molar-refractivity contribution in [1.82, 2.24) is 10.3 Å². The highest BCUT2D eigenvalue weighted by Crippen LogP contribution is 2.18. The Hall–Kier alpha value is -1.33. The zero-order chi connectivity index (χ0) is 14.6. The molecule has 0 saturated heterocycles. The van der Waals surface area contributed by atoms with Gasteiger partial charge in [-0.2, -0.15) is 0 Å². The van der Waals surface area contributed by atoms with Crippen LogP contribution in [0.5, 0.6) is 0 Å². The van der Waals surface area contributed by atoms with Crippen LogP contribution in [0.2, 0.25) is 0 Å². The van der Waals surface area contributed by atoms with Gasteiger partial charge in [0, 0.05) is 24.7 Å². The normalized spacial score (nSPS) is 11.6. The number of nitrogen functional groups attached to an aromatic ring is 1. The van der Waals surface area contributed by atoms with Crippen LogP contribution in [0.25, 0.3) is 0 Å². The Morgan fingerprint density at radius 3 is 2.53 bits per heavy atom. The van der Waals surface area contributed by atoms with Gasteiger partial charge in [0.05, 0.1) is 0 Å². The molecule has 0 fully saturated rings. The zero-order valence-electron chi connectivity index (χ0n) is 12.5. The Labute approximate surface area is 115 Å². The van der Waals surface area contributed by atoms with Crippen molar-refractivity contribution in [2.24, 2.45) is 11.8 Å². The van der Waals surface area contributed by atoms with Gasteiger partial charge in [-0.1, -0.05) is 13.8 Å². The smallest absolute Gasteiger partial charge is 0.300 e. The molecule has 5 heteroatoms. The van der Waals surface area contributed by atoms with E-state index in [2.05, 4.69) is 38.0 Å². The Morgan fingerprint density at radius 2 is 2.05 bits per heavy atom. The number of carbonyl (C=O) groups is 1. The molecular weight excluding hydrogens is 242 g/mol. The summed E-state index contributed by atoms with van der Waals surface area (Å²) in [5.41, 5.74) is 3.12. The third-order valence-electron chi connectivity index (χ3n) is 3.08. The Kier molecular flexibility index (Phi) is 5.57. The third kappa shape index (κ3) is 4.36. The maximum absolute atomic E-state index is 11.4. The summed E-state index contributed by atoms with van der Waals surface area (Å²) in [5.74, 6) is 6.35. The molecular formula is C14H25N3O2. The Balaban J connectivity index is 2.84. The number of furan rings is 1. The van der Waals surface area contributed by atoms with Crippen molar-refractivity contribution >= 4 is 5.91 Å². The van der Waals surface area contributed by atoms with Gasteiger partial charge >= 0.3 is 5.91 Å². The van der Waals surface area contributed by atoms with Crippen molar-refractivity contribution in [2.45, 2.75) is 47.2 Å². The number of nitrogens with one attached hydrogen (secondary N) is 1. The summed E-state index contributed by atoms with van der Waals surface area (Å²) in [6.45, 7) is 12.4. The second-order valence-electron chi connectivity index (χ2n) is 5.58. The molecule has 0 aromatic carbocycles. The van der Waals surface area contributed by atoms with Gasteiger partial charge < -0.3 is 4.42 Å². The summed E-state index contributed by atoms with van der Waals surface area (Å²) in [7, 11) is 0. The van der Waals surface area contributed by atoms with Crippen LogP contribution in [-0.2, 0) is 6.54 Å². The van der Waals surface area contributed by atoms with Crippen molar-refractivity contribution in [3.05, 3.63) is 23.2 Å². The molecule has 0 aliphatic rings. The van der Waals surface area contributed by atoms with Crippen molar-refractivity contribution in [3.8, 4) is 0 Å². The molecule has 108 valence electrons. The van der Waals surface area contributed by atoms with E-state index >= 15 is 0 Å². The lowest BCUT2D eigenvalue weighted by molar-refractivity contribution is 0.0924. The van der Waals surface area contributed by atoms with Crippen molar-refractivity contribution in [1.29, 1.82) is 0 Å². The number of amides is 1. The van der Waals surface area contributed by atoms with Crippen LogP contribution in [0.4, 0.5) is 0 Å². The molecule has 1 heterocycles. The lowest BCUT2D eigenvalue weighted by atomic mass is 10.1. The first-order valence-corrected chi connectivity index (χ1v) is 6.69. The first-order chi connectivity index (χ1) is 8.85. The number of hydrazine groups is 1. The number of hydrogen-bond acceptors (Lipinski definition) is 4. The summed E-state index contributed by atoms with van der Waals surface area (Å²) in [6.07, 6.45) is 0. The predicted molar refractivity (Wildman–Crippen MR) is 75.5 cm³/mol. The third-order valence-corrected chi connectivity index (χ3v) is 3.08. The molecule has 19 heavy (non-hydrogen) atoms. The van der Waals surface area contributed by atoms with E-state index in [1.54, 1.807) is 6.07 Å². The van der Waals surface area contributed by atoms with Crippen LogP contribution >= 0.6 is 0 Å². The monoisotopic (exact) mass is 267 g/mol. The maximum Gasteiger partial charge on any atom is 0.300 e. The molecule has 5 nitrogen and oxygen atoms in total. The number of rotatable bonds is 6. The molecule has 0 radical (unpaired) electrons. The van der Waals surface area contributed by atoms with Crippen LogP contribution in [0, 0.1) is 12.8 Å². The van der Waals surface area contributed by atoms with Gasteiger partial charge in [0.15, 0.2) is 5.76 Å². The van der Waals surface area contributed by atoms with Crippen molar-refractivity contribution in [3.63, 3.8) is 0 Å². The van der Waals surface area contributed by atoms with Crippen molar-refractivity contribution in [2.75, 3.05) is 6.54 Å². The zero-order valence-corrected chi connectivity index (χ0v) is 12.5. The number of hydrogen-bond donors (Lipinski definition) is 2. The fourth-order valence-electron chi connectivity index (χ4n) is 2.01. The van der Waals surface area contributed by atoms with E-state index < -0.39 is 5.91 Å². The topological polar surface area (TPSA) is 71.5 Å². The molecule has 0 atom stereocenters. The minimum Gasteiger partial charge on any atom is -0.456 e. The molecule has 1 aromatic rings.